The van der Waals surface area contributed by atoms with Crippen molar-refractivity contribution >= 4 is 0 Å². The molecule has 0 rings (SSSR count). The predicted molar refractivity (Wildman–Crippen MR) is 16.2 cm³/mol. The van der Waals surface area contributed by atoms with Crippen LogP contribution >= 0.6 is 0 Å². The van der Waals surface area contributed by atoms with Gasteiger partial charge in [-0.25, -0.2) is 0 Å². The second-order valence-electron chi connectivity index (χ2n) is 1.20. The van der Waals surface area contributed by atoms with Gasteiger partial charge in [0.1, 0.15) is 6.10 Å². The minimum absolute atomic E-state index is 0.0239. The Morgan fingerprint density at radius 3 is 2.17 bits per heavy atom. The summed E-state index contributed by atoms with van der Waals surface area (Å²) in [7, 11) is 0. The Bertz CT molecular complexity index is 30.0. The van der Waals surface area contributed by atoms with Gasteiger partial charge in [0.25, 0.3) is 0 Å². The molecule has 0 heterocycles. The van der Waals surface area contributed by atoms with E-state index in [1.54, 1.807) is 13.8 Å². The zero-order chi connectivity index (χ0) is 4.99. The van der Waals surface area contributed by atoms with Gasteiger partial charge in [0.2, 0.25) is 0 Å². The zero-order valence-corrected chi connectivity index (χ0v) is 4.53. The molecule has 0 fully saturated rings. The monoisotopic (exact) mass is 110 g/mol. The lowest BCUT2D eigenvalue weighted by atomic mass is 10.5. The number of hydrogen-bond donors (Lipinski definition) is 0. The van der Waals surface area contributed by atoms with Crippen LogP contribution in [0.5, 0.6) is 0 Å². The molecule has 0 aromatic carbocycles. The van der Waals surface area contributed by atoms with E-state index in [1.807, 2.05) is 0 Å². The largest absolute Gasteiger partial charge is 0.506 e. The maximum absolute atomic E-state index is 9.38. The van der Waals surface area contributed by atoms with E-state index in [2.05, 4.69) is 4.29 Å². The molecule has 3 heteroatoms. The van der Waals surface area contributed by atoms with Gasteiger partial charge >= 0.3 is 11.3 Å². The number of rotatable bonds is 2. The van der Waals surface area contributed by atoms with Gasteiger partial charge in [0, 0.05) is 0 Å². The molecule has 0 radical (unpaired) electrons. The third-order valence-electron chi connectivity index (χ3n) is 0.215. The highest BCUT2D eigenvalue weighted by molar-refractivity contribution is 4.23. The van der Waals surface area contributed by atoms with E-state index in [0.717, 1.165) is 0 Å². The van der Waals surface area contributed by atoms with Crippen molar-refractivity contribution in [2.75, 3.05) is 0 Å². The molecule has 0 atom stereocenters. The zero-order valence-electron chi connectivity index (χ0n) is 3.77. The average molecular weight is 111 g/mol. The van der Waals surface area contributed by atoms with Crippen LogP contribution < -0.4 is 4.66 Å². The second kappa shape index (κ2) is 3.40. The first-order valence-corrected chi connectivity index (χ1v) is 2.32. The fourth-order valence-corrected chi connectivity index (χ4v) is 0.218. The summed E-state index contributed by atoms with van der Waals surface area (Å²) in [5.41, 5.74) is 0. The lowest BCUT2D eigenvalue weighted by Gasteiger charge is -1.87. The highest BCUT2D eigenvalue weighted by Crippen LogP contribution is 1.82. The lowest BCUT2D eigenvalue weighted by Crippen LogP contribution is -2.09. The van der Waals surface area contributed by atoms with E-state index >= 15 is 0 Å². The smallest absolute Gasteiger partial charge is 0.331 e. The Kier molecular flexibility index (Phi) is 3.52. The Hall–Kier alpha value is 0.210. The average Bonchev–Trinajstić information content (AvgIpc) is 1.35. The van der Waals surface area contributed by atoms with Gasteiger partial charge in [0.15, 0.2) is 0 Å². The van der Waals surface area contributed by atoms with Crippen LogP contribution in [0.3, 0.4) is 0 Å². The summed E-state index contributed by atoms with van der Waals surface area (Å²) in [4.78, 5) is 0. The van der Waals surface area contributed by atoms with Gasteiger partial charge in [-0.05, 0) is 13.8 Å². The van der Waals surface area contributed by atoms with Crippen molar-refractivity contribution in [1.29, 1.82) is 0 Å². The summed E-state index contributed by atoms with van der Waals surface area (Å²) >= 11 is 0.546. The molecule has 0 bridgehead atoms. The van der Waals surface area contributed by atoms with Crippen molar-refractivity contribution in [1.82, 2.24) is 0 Å². The third-order valence-corrected chi connectivity index (χ3v) is 0.644. The first-order chi connectivity index (χ1) is 2.77. The molecule has 0 saturated heterocycles. The normalized spacial score (nSPS) is 10.0. The van der Waals surface area contributed by atoms with Crippen molar-refractivity contribution in [2.24, 2.45) is 0 Å². The minimum atomic E-state index is 0.0239. The summed E-state index contributed by atoms with van der Waals surface area (Å²) in [6.07, 6.45) is 0.0239. The van der Waals surface area contributed by atoms with Crippen molar-refractivity contribution in [3.63, 3.8) is 0 Å². The fraction of sp³-hybridized carbons (Fsp3) is 1.00. The molecule has 0 amide bonds. The fourth-order valence-electron chi connectivity index (χ4n) is 0.0727. The van der Waals surface area contributed by atoms with Crippen LogP contribution in [0.4, 0.5) is 0 Å². The van der Waals surface area contributed by atoms with Crippen molar-refractivity contribution in [2.45, 2.75) is 20.0 Å². The van der Waals surface area contributed by atoms with E-state index in [-0.39, 0.29) is 6.10 Å². The van der Waals surface area contributed by atoms with Crippen LogP contribution in [-0.4, -0.2) is 6.10 Å². The minimum Gasteiger partial charge on any atom is -0.506 e. The van der Waals surface area contributed by atoms with Gasteiger partial charge in [0.05, 0.1) is 0 Å². The molecule has 0 saturated carbocycles. The number of halogens is 1. The van der Waals surface area contributed by atoms with E-state index in [1.165, 1.54) is 0 Å². The first-order valence-electron chi connectivity index (χ1n) is 1.70. The summed E-state index contributed by atoms with van der Waals surface area (Å²) in [6, 6.07) is 0. The van der Waals surface area contributed by atoms with Gasteiger partial charge < -0.3 is 4.66 Å². The van der Waals surface area contributed by atoms with E-state index < -0.39 is 0 Å². The molecule has 0 aliphatic heterocycles. The van der Waals surface area contributed by atoms with Crippen molar-refractivity contribution in [3.8, 4) is 0 Å². The molecule has 0 spiro atoms. The van der Waals surface area contributed by atoms with Gasteiger partial charge in [-0.3, -0.25) is 0 Å². The maximum atomic E-state index is 9.38. The highest BCUT2D eigenvalue weighted by atomic mass is 35.6. The molecule has 2 nitrogen and oxygen atoms in total. The van der Waals surface area contributed by atoms with Crippen LogP contribution in [0, 0.1) is 11.3 Å². The summed E-state index contributed by atoms with van der Waals surface area (Å²) in [5.74, 6) is 0. The van der Waals surface area contributed by atoms with Crippen LogP contribution in [0.15, 0.2) is 0 Å². The molecule has 0 aromatic heterocycles. The molecular formula is C3H7ClO2. The predicted octanol–water partition coefficient (Wildman–Crippen LogP) is -0.313. The molecule has 0 unspecified atom stereocenters. The van der Waals surface area contributed by atoms with E-state index in [9.17, 15) is 4.66 Å². The standard InChI is InChI=1S/C3H7ClO2/c1-3(2)6-4-5/h3H,1-2H3. The quantitative estimate of drug-likeness (QED) is 0.488. The second-order valence-corrected chi connectivity index (χ2v) is 1.50. The molecular weight excluding hydrogens is 103 g/mol. The topological polar surface area (TPSA) is 32.3 Å². The Balaban J connectivity index is 2.63. The van der Waals surface area contributed by atoms with Crippen LogP contribution in [0.1, 0.15) is 13.8 Å². The Morgan fingerprint density at radius 1 is 1.67 bits per heavy atom. The third kappa shape index (κ3) is 4.21. The van der Waals surface area contributed by atoms with E-state index in [4.69, 9.17) is 0 Å². The number of hydrogen-bond acceptors (Lipinski definition) is 2. The molecule has 0 N–H and O–H groups in total. The first kappa shape index (κ1) is 6.21. The Morgan fingerprint density at radius 2 is 2.17 bits per heavy atom. The SMILES string of the molecule is CC(C)O[Cl+][O-]. The van der Waals surface area contributed by atoms with Crippen LogP contribution in [-0.2, 0) is 4.29 Å². The van der Waals surface area contributed by atoms with Crippen LogP contribution in [0.25, 0.3) is 0 Å². The Labute approximate surface area is 41.2 Å². The summed E-state index contributed by atoms with van der Waals surface area (Å²) < 4.78 is 13.7. The summed E-state index contributed by atoms with van der Waals surface area (Å²) in [6.45, 7) is 3.59. The molecule has 0 aromatic rings. The van der Waals surface area contributed by atoms with Gasteiger partial charge in [-0.1, -0.05) is 0 Å². The lowest BCUT2D eigenvalue weighted by molar-refractivity contribution is -1.27. The molecule has 0 aliphatic carbocycles. The molecule has 38 valence electrons. The van der Waals surface area contributed by atoms with Crippen molar-refractivity contribution < 1.29 is 20.3 Å². The van der Waals surface area contributed by atoms with E-state index in [0.29, 0.717) is 11.3 Å². The van der Waals surface area contributed by atoms with Gasteiger partial charge in [-0.15, -0.1) is 4.29 Å². The van der Waals surface area contributed by atoms with Crippen molar-refractivity contribution in [3.05, 3.63) is 0 Å². The van der Waals surface area contributed by atoms with Gasteiger partial charge in [-0.2, -0.15) is 0 Å². The maximum Gasteiger partial charge on any atom is 0.331 e. The molecule has 0 aliphatic rings. The summed E-state index contributed by atoms with van der Waals surface area (Å²) in [5, 5.41) is 0. The molecule has 6 heavy (non-hydrogen) atoms. The highest BCUT2D eigenvalue weighted by Gasteiger charge is 1.95. The van der Waals surface area contributed by atoms with Crippen LogP contribution in [0.2, 0.25) is 0 Å².